The Bertz CT molecular complexity index is 1240. The van der Waals surface area contributed by atoms with Gasteiger partial charge in [0.05, 0.1) is 4.92 Å². The maximum atomic E-state index is 13.6. The molecular formula is C28H34N6O7. The molecule has 1 atom stereocenters. The van der Waals surface area contributed by atoms with Crippen LogP contribution in [0.15, 0.2) is 42.7 Å². The number of benzene rings is 1. The van der Waals surface area contributed by atoms with Crippen molar-refractivity contribution in [3.63, 3.8) is 0 Å². The molecule has 13 nitrogen and oxygen atoms in total. The highest BCUT2D eigenvalue weighted by Gasteiger charge is 2.55. The molecular weight excluding hydrogens is 532 g/mol. The minimum Gasteiger partial charge on any atom is -0.429 e. The molecule has 0 bridgehead atoms. The van der Waals surface area contributed by atoms with E-state index in [1.165, 1.54) is 29.2 Å². The van der Waals surface area contributed by atoms with Crippen LogP contribution >= 0.6 is 0 Å². The van der Waals surface area contributed by atoms with Crippen LogP contribution < -0.4 is 4.90 Å². The molecule has 3 heterocycles. The van der Waals surface area contributed by atoms with Gasteiger partial charge in [0.2, 0.25) is 11.9 Å². The number of ether oxygens (including phenoxy) is 2. The predicted molar refractivity (Wildman–Crippen MR) is 146 cm³/mol. The van der Waals surface area contributed by atoms with Crippen LogP contribution in [0.1, 0.15) is 44.1 Å². The van der Waals surface area contributed by atoms with Gasteiger partial charge in [-0.2, -0.15) is 0 Å². The van der Waals surface area contributed by atoms with Crippen molar-refractivity contribution in [3.05, 3.63) is 58.4 Å². The number of imide groups is 1. The van der Waals surface area contributed by atoms with E-state index in [2.05, 4.69) is 19.8 Å². The fraction of sp³-hybridized carbons (Fsp3) is 0.536. The molecule has 2 amide bonds. The Morgan fingerprint density at radius 2 is 1.71 bits per heavy atom. The lowest BCUT2D eigenvalue weighted by atomic mass is 9.73. The minimum absolute atomic E-state index is 0.0684. The van der Waals surface area contributed by atoms with Gasteiger partial charge in [0.25, 0.3) is 11.6 Å². The van der Waals surface area contributed by atoms with Gasteiger partial charge in [0.1, 0.15) is 6.61 Å². The summed E-state index contributed by atoms with van der Waals surface area (Å²) in [5.74, 6) is 0.0124. The summed E-state index contributed by atoms with van der Waals surface area (Å²) in [6.07, 6.45) is 5.14. The van der Waals surface area contributed by atoms with Gasteiger partial charge in [0.15, 0.2) is 6.10 Å². The molecule has 2 saturated heterocycles. The van der Waals surface area contributed by atoms with Crippen LogP contribution in [0.5, 0.6) is 0 Å². The molecule has 13 heteroatoms. The number of hydrogen-bond acceptors (Lipinski definition) is 11. The van der Waals surface area contributed by atoms with Gasteiger partial charge in [-0.15, -0.1) is 0 Å². The van der Waals surface area contributed by atoms with E-state index in [4.69, 9.17) is 9.47 Å². The fourth-order valence-electron chi connectivity index (χ4n) is 6.01. The first-order valence-corrected chi connectivity index (χ1v) is 14.0. The monoisotopic (exact) mass is 566 g/mol. The molecule has 1 saturated carbocycles. The first-order valence-electron chi connectivity index (χ1n) is 14.0. The number of carbonyl (C=O) groups excluding carboxylic acids is 3. The number of aromatic nitrogens is 2. The largest absolute Gasteiger partial charge is 0.509 e. The smallest absolute Gasteiger partial charge is 0.429 e. The summed E-state index contributed by atoms with van der Waals surface area (Å²) >= 11 is 0. The van der Waals surface area contributed by atoms with Gasteiger partial charge in [-0.3, -0.25) is 29.5 Å². The highest BCUT2D eigenvalue weighted by Crippen LogP contribution is 2.48. The summed E-state index contributed by atoms with van der Waals surface area (Å²) in [5, 5.41) is 10.8. The topological polar surface area (TPSA) is 148 Å². The second-order valence-corrected chi connectivity index (χ2v) is 10.8. The normalized spacial score (nSPS) is 20.8. The number of nitro groups is 1. The average Bonchev–Trinajstić information content (AvgIpc) is 3.45. The molecule has 5 rings (SSSR count). The van der Waals surface area contributed by atoms with Crippen molar-refractivity contribution >= 4 is 29.6 Å². The van der Waals surface area contributed by atoms with Crippen molar-refractivity contribution < 1.29 is 28.8 Å². The Morgan fingerprint density at radius 3 is 2.37 bits per heavy atom. The summed E-state index contributed by atoms with van der Waals surface area (Å²) in [5.41, 5.74) is -0.222. The van der Waals surface area contributed by atoms with Gasteiger partial charge in [-0.1, -0.05) is 12.8 Å². The van der Waals surface area contributed by atoms with Crippen LogP contribution in [0.4, 0.5) is 16.4 Å². The summed E-state index contributed by atoms with van der Waals surface area (Å²) < 4.78 is 10.9. The van der Waals surface area contributed by atoms with Gasteiger partial charge in [-0.25, -0.2) is 14.8 Å². The van der Waals surface area contributed by atoms with E-state index in [-0.39, 0.29) is 31.2 Å². The summed E-state index contributed by atoms with van der Waals surface area (Å²) in [7, 11) is 0. The second-order valence-electron chi connectivity index (χ2n) is 10.8. The van der Waals surface area contributed by atoms with E-state index < -0.39 is 28.5 Å². The number of likely N-dealkylation sites (tertiary alicyclic amines) is 1. The SMILES string of the molecule is O=C(OCc1ccc([N+](=O)[O-])cc1)OC1C(=O)N(CCCN2CCN(c3ncccn3)CC2)C(=O)CC12CCCC2. The Hall–Kier alpha value is -4.13. The van der Waals surface area contributed by atoms with E-state index in [1.807, 2.05) is 0 Å². The molecule has 2 aromatic rings. The summed E-state index contributed by atoms with van der Waals surface area (Å²) in [6.45, 7) is 4.09. The molecule has 3 fully saturated rings. The lowest BCUT2D eigenvalue weighted by Crippen LogP contribution is -2.58. The zero-order chi connectivity index (χ0) is 28.8. The van der Waals surface area contributed by atoms with E-state index in [1.54, 1.807) is 18.5 Å². The van der Waals surface area contributed by atoms with Gasteiger partial charge >= 0.3 is 6.16 Å². The Morgan fingerprint density at radius 1 is 1.02 bits per heavy atom. The van der Waals surface area contributed by atoms with Crippen LogP contribution in [0.25, 0.3) is 0 Å². The molecule has 218 valence electrons. The van der Waals surface area contributed by atoms with Crippen LogP contribution in [-0.2, 0) is 25.7 Å². The van der Waals surface area contributed by atoms with E-state index in [9.17, 15) is 24.5 Å². The predicted octanol–water partition coefficient (Wildman–Crippen LogP) is 2.94. The molecule has 41 heavy (non-hydrogen) atoms. The van der Waals surface area contributed by atoms with Crippen molar-refractivity contribution in [3.8, 4) is 0 Å². The number of amides is 2. The zero-order valence-electron chi connectivity index (χ0n) is 22.9. The number of carbonyl (C=O) groups is 3. The van der Waals surface area contributed by atoms with Crippen molar-refractivity contribution in [2.24, 2.45) is 5.41 Å². The molecule has 1 aliphatic carbocycles. The van der Waals surface area contributed by atoms with Crippen molar-refractivity contribution in [2.45, 2.75) is 51.2 Å². The molecule has 1 spiro atoms. The third-order valence-corrected chi connectivity index (χ3v) is 8.23. The molecule has 3 aliphatic rings. The molecule has 1 unspecified atom stereocenters. The van der Waals surface area contributed by atoms with E-state index in [0.717, 1.165) is 51.5 Å². The lowest BCUT2D eigenvalue weighted by molar-refractivity contribution is -0.384. The Labute approximate surface area is 237 Å². The number of piperidine rings is 1. The average molecular weight is 567 g/mol. The number of rotatable bonds is 9. The molecule has 0 radical (unpaired) electrons. The van der Waals surface area contributed by atoms with Gasteiger partial charge in [0, 0.05) is 69.1 Å². The molecule has 1 aromatic carbocycles. The quantitative estimate of drug-likeness (QED) is 0.191. The summed E-state index contributed by atoms with van der Waals surface area (Å²) in [4.78, 5) is 64.0. The first kappa shape index (κ1) is 28.4. The number of piperazine rings is 1. The van der Waals surface area contributed by atoms with Crippen LogP contribution in [0.3, 0.4) is 0 Å². The van der Waals surface area contributed by atoms with Crippen molar-refractivity contribution in [1.82, 2.24) is 19.8 Å². The van der Waals surface area contributed by atoms with Gasteiger partial charge in [-0.05, 0) is 49.6 Å². The summed E-state index contributed by atoms with van der Waals surface area (Å²) in [6, 6.07) is 7.42. The van der Waals surface area contributed by atoms with E-state index in [0.29, 0.717) is 24.8 Å². The number of anilines is 1. The minimum atomic E-state index is -1.08. The van der Waals surface area contributed by atoms with Crippen molar-refractivity contribution in [2.75, 3.05) is 44.2 Å². The number of non-ortho nitro benzene ring substituents is 1. The number of hydrogen-bond donors (Lipinski definition) is 0. The second kappa shape index (κ2) is 12.6. The standard InChI is InChI=1S/C28H34N6O7/c35-23-19-28(9-1-2-10-28)24(41-27(37)40-20-21-5-7-22(8-6-21)34(38)39)25(36)33(23)14-4-13-31-15-17-32(18-16-31)26-29-11-3-12-30-26/h3,5-8,11-12,24H,1-2,4,9-10,13-20H2. The van der Waals surface area contributed by atoms with Crippen LogP contribution in [-0.4, -0.2) is 88.0 Å². The van der Waals surface area contributed by atoms with Gasteiger partial charge < -0.3 is 14.4 Å². The first-order chi connectivity index (χ1) is 19.8. The van der Waals surface area contributed by atoms with Crippen molar-refractivity contribution in [1.29, 1.82) is 0 Å². The molecule has 0 N–H and O–H groups in total. The number of nitrogens with zero attached hydrogens (tertiary/aromatic N) is 6. The molecule has 2 aliphatic heterocycles. The van der Waals surface area contributed by atoms with Crippen LogP contribution in [0, 0.1) is 15.5 Å². The highest BCUT2D eigenvalue weighted by atomic mass is 16.7. The molecule has 1 aromatic heterocycles. The third kappa shape index (κ3) is 6.62. The van der Waals surface area contributed by atoms with E-state index >= 15 is 0 Å². The maximum absolute atomic E-state index is 13.6. The maximum Gasteiger partial charge on any atom is 0.509 e. The zero-order valence-corrected chi connectivity index (χ0v) is 22.9. The van der Waals surface area contributed by atoms with Crippen LogP contribution in [0.2, 0.25) is 0 Å². The lowest BCUT2D eigenvalue weighted by Gasteiger charge is -2.42. The third-order valence-electron chi connectivity index (χ3n) is 8.23. The highest BCUT2D eigenvalue weighted by molar-refractivity contribution is 6.01. The Balaban J connectivity index is 1.14. The fourth-order valence-corrected chi connectivity index (χ4v) is 6.01. The number of nitro benzene ring substituents is 1. The Kier molecular flexibility index (Phi) is 8.72.